The number of amides is 1. The van der Waals surface area contributed by atoms with Crippen LogP contribution in [0, 0.1) is 0 Å². The minimum absolute atomic E-state index is 0.0575. The van der Waals surface area contributed by atoms with Gasteiger partial charge in [0, 0.05) is 36.8 Å². The van der Waals surface area contributed by atoms with E-state index in [4.69, 9.17) is 9.15 Å². The van der Waals surface area contributed by atoms with Crippen molar-refractivity contribution in [2.45, 2.75) is 54.9 Å². The van der Waals surface area contributed by atoms with Crippen LogP contribution in [-0.4, -0.2) is 76.5 Å². The summed E-state index contributed by atoms with van der Waals surface area (Å²) >= 11 is 0. The van der Waals surface area contributed by atoms with Crippen molar-refractivity contribution >= 4 is 12.0 Å². The molecule has 3 heterocycles. The zero-order valence-corrected chi connectivity index (χ0v) is 19.1. The highest BCUT2D eigenvalue weighted by atomic mass is 19.1. The Hall–Kier alpha value is -2.84. The molecule has 6 rings (SSSR count). The number of rotatable bonds is 5. The van der Waals surface area contributed by atoms with E-state index < -0.39 is 23.8 Å². The third-order valence-electron chi connectivity index (χ3n) is 8.72. The van der Waals surface area contributed by atoms with Gasteiger partial charge in [0.15, 0.2) is 11.5 Å². The van der Waals surface area contributed by atoms with Gasteiger partial charge in [0.25, 0.3) is 0 Å². The first-order chi connectivity index (χ1) is 16.4. The molecule has 180 valence electrons. The number of halogens is 1. The number of benzene rings is 1. The molecule has 8 heteroatoms. The summed E-state index contributed by atoms with van der Waals surface area (Å²) in [7, 11) is 1.76. The molecule has 2 aromatic rings. The van der Waals surface area contributed by atoms with Crippen molar-refractivity contribution in [1.29, 1.82) is 0 Å². The van der Waals surface area contributed by atoms with Crippen molar-refractivity contribution in [1.82, 2.24) is 9.80 Å². The molecular weight excluding hydrogens is 439 g/mol. The number of nitrogens with zero attached hydrogens (tertiary/aromatic N) is 2. The minimum atomic E-state index is -1.12. The van der Waals surface area contributed by atoms with E-state index in [0.29, 0.717) is 38.0 Å². The second-order valence-electron chi connectivity index (χ2n) is 10.0. The second-order valence-corrected chi connectivity index (χ2v) is 10.0. The number of piperidine rings is 1. The third-order valence-corrected chi connectivity index (χ3v) is 8.72. The van der Waals surface area contributed by atoms with E-state index >= 15 is 0 Å². The molecule has 5 atom stereocenters. The highest BCUT2D eigenvalue weighted by Crippen LogP contribution is 2.65. The van der Waals surface area contributed by atoms with Crippen LogP contribution in [0.25, 0.3) is 6.08 Å². The van der Waals surface area contributed by atoms with Gasteiger partial charge in [0.1, 0.15) is 12.8 Å². The highest BCUT2D eigenvalue weighted by Gasteiger charge is 2.73. The lowest BCUT2D eigenvalue weighted by molar-refractivity contribution is -0.199. The molecule has 1 aromatic heterocycles. The van der Waals surface area contributed by atoms with Crippen molar-refractivity contribution < 1.29 is 28.6 Å². The van der Waals surface area contributed by atoms with E-state index in [1.807, 2.05) is 6.07 Å². The quantitative estimate of drug-likeness (QED) is 0.657. The van der Waals surface area contributed by atoms with Crippen LogP contribution < -0.4 is 4.74 Å². The Bertz CT molecular complexity index is 1150. The van der Waals surface area contributed by atoms with E-state index in [-0.39, 0.29) is 30.3 Å². The normalized spacial score (nSPS) is 33.6. The van der Waals surface area contributed by atoms with Crippen LogP contribution in [0.2, 0.25) is 0 Å². The van der Waals surface area contributed by atoms with Gasteiger partial charge in [0.2, 0.25) is 5.91 Å². The smallest absolute Gasteiger partial charge is 0.246 e. The van der Waals surface area contributed by atoms with Crippen LogP contribution in [-0.2, 0) is 16.6 Å². The standard InChI is InChI=1S/C26H29FN2O5/c1-28(21(31)5-2-16-7-13-33-15-16)18-6-8-26(32)20-14-17-3-4-19(30)23-22(17)25(26,24(18)34-23)9-11-29(20)12-10-27/h2-5,7,13,15,18,20,24,30,32H,6,8-12,14H2,1H3/b5-2+/t18-,20-,24+,25+,26-/m1/s1. The van der Waals surface area contributed by atoms with Gasteiger partial charge >= 0.3 is 0 Å². The molecule has 2 bridgehead atoms. The van der Waals surface area contributed by atoms with Crippen molar-refractivity contribution in [3.8, 4) is 11.5 Å². The number of ether oxygens (including phenoxy) is 1. The van der Waals surface area contributed by atoms with Gasteiger partial charge in [-0.2, -0.15) is 0 Å². The maximum atomic E-state index is 13.4. The van der Waals surface area contributed by atoms with E-state index in [2.05, 4.69) is 4.90 Å². The predicted octanol–water partition coefficient (Wildman–Crippen LogP) is 2.65. The summed E-state index contributed by atoms with van der Waals surface area (Å²) < 4.78 is 24.9. The van der Waals surface area contributed by atoms with E-state index in [0.717, 1.165) is 16.7 Å². The number of phenols is 1. The lowest BCUT2D eigenvalue weighted by Crippen LogP contribution is -2.78. The van der Waals surface area contributed by atoms with Gasteiger partial charge in [-0.15, -0.1) is 0 Å². The molecule has 1 saturated heterocycles. The molecule has 1 spiro atoms. The number of hydrogen-bond acceptors (Lipinski definition) is 6. The number of furan rings is 1. The monoisotopic (exact) mass is 468 g/mol. The maximum absolute atomic E-state index is 13.4. The topological polar surface area (TPSA) is 86.4 Å². The fourth-order valence-electron chi connectivity index (χ4n) is 7.20. The number of aromatic hydroxyl groups is 1. The summed E-state index contributed by atoms with van der Waals surface area (Å²) in [6.45, 7) is 0.460. The fourth-order valence-corrected chi connectivity index (χ4v) is 7.20. The van der Waals surface area contributed by atoms with E-state index in [9.17, 15) is 19.4 Å². The molecule has 2 aliphatic heterocycles. The van der Waals surface area contributed by atoms with Crippen molar-refractivity contribution in [2.24, 2.45) is 0 Å². The summed E-state index contributed by atoms with van der Waals surface area (Å²) in [6.07, 6.45) is 8.04. The summed E-state index contributed by atoms with van der Waals surface area (Å²) in [5.41, 5.74) is 0.841. The summed E-state index contributed by atoms with van der Waals surface area (Å²) in [5, 5.41) is 23.0. The summed E-state index contributed by atoms with van der Waals surface area (Å²) in [6, 6.07) is 4.80. The molecule has 1 aromatic carbocycles. The largest absolute Gasteiger partial charge is 0.504 e. The van der Waals surface area contributed by atoms with Gasteiger partial charge in [0.05, 0.1) is 29.6 Å². The van der Waals surface area contributed by atoms with Gasteiger partial charge in [-0.25, -0.2) is 4.39 Å². The van der Waals surface area contributed by atoms with Gasteiger partial charge in [-0.1, -0.05) is 6.07 Å². The lowest BCUT2D eigenvalue weighted by atomic mass is 9.48. The Labute approximate surface area is 197 Å². The van der Waals surface area contributed by atoms with Crippen LogP contribution in [0.3, 0.4) is 0 Å². The fraction of sp³-hybridized carbons (Fsp3) is 0.500. The van der Waals surface area contributed by atoms with Crippen LogP contribution >= 0.6 is 0 Å². The van der Waals surface area contributed by atoms with Gasteiger partial charge in [-0.05, 0) is 56.0 Å². The van der Waals surface area contributed by atoms with Crippen molar-refractivity contribution in [2.75, 3.05) is 26.8 Å². The number of carbonyl (C=O) groups is 1. The first-order valence-electron chi connectivity index (χ1n) is 11.9. The molecule has 4 aliphatic rings. The Balaban J connectivity index is 1.41. The zero-order valence-electron chi connectivity index (χ0n) is 19.1. The SMILES string of the molecule is CN(C(=O)/C=C/c1ccoc1)[C@@H]1CC[C@@]2(O)[C@H]3Cc4ccc(O)c5c4[C@@]2(CCN3CCF)[C@H]1O5. The van der Waals surface area contributed by atoms with Crippen molar-refractivity contribution in [3.63, 3.8) is 0 Å². The van der Waals surface area contributed by atoms with Gasteiger partial charge < -0.3 is 24.3 Å². The van der Waals surface area contributed by atoms with Crippen molar-refractivity contribution in [3.05, 3.63) is 53.5 Å². The Kier molecular flexibility index (Phi) is 4.83. The Morgan fingerprint density at radius 2 is 2.21 bits per heavy atom. The second kappa shape index (κ2) is 7.58. The number of likely N-dealkylation sites (tertiary alicyclic amines) is 1. The number of alkyl halides is 1. The van der Waals surface area contributed by atoms with E-state index in [1.165, 1.54) is 6.08 Å². The van der Waals surface area contributed by atoms with Crippen LogP contribution in [0.5, 0.6) is 11.5 Å². The minimum Gasteiger partial charge on any atom is -0.504 e. The Morgan fingerprint density at radius 3 is 2.97 bits per heavy atom. The number of aliphatic hydroxyl groups is 1. The molecule has 2 aliphatic carbocycles. The molecule has 2 fully saturated rings. The first-order valence-corrected chi connectivity index (χ1v) is 11.9. The number of hydrogen-bond donors (Lipinski definition) is 2. The molecule has 0 radical (unpaired) electrons. The first kappa shape index (κ1) is 21.7. The number of carbonyl (C=O) groups excluding carboxylic acids is 1. The Morgan fingerprint density at radius 1 is 1.35 bits per heavy atom. The maximum Gasteiger partial charge on any atom is 0.246 e. The molecule has 1 saturated carbocycles. The molecular formula is C26H29FN2O5. The average molecular weight is 469 g/mol. The molecule has 0 unspecified atom stereocenters. The van der Waals surface area contributed by atoms with E-state index in [1.54, 1.807) is 42.7 Å². The van der Waals surface area contributed by atoms with Crippen LogP contribution in [0.15, 0.2) is 41.2 Å². The predicted molar refractivity (Wildman–Crippen MR) is 122 cm³/mol. The van der Waals surface area contributed by atoms with Crippen LogP contribution in [0.4, 0.5) is 4.39 Å². The summed E-state index contributed by atoms with van der Waals surface area (Å²) in [5.74, 6) is 0.321. The number of phenolic OH excluding ortho intramolecular Hbond substituents is 1. The summed E-state index contributed by atoms with van der Waals surface area (Å²) in [4.78, 5) is 16.9. The van der Waals surface area contributed by atoms with Gasteiger partial charge in [-0.3, -0.25) is 9.69 Å². The highest BCUT2D eigenvalue weighted by molar-refractivity contribution is 5.91. The average Bonchev–Trinajstić information content (AvgIpc) is 3.46. The molecule has 1 amide bonds. The lowest BCUT2D eigenvalue weighted by Gasteiger charge is -2.64. The molecule has 7 nitrogen and oxygen atoms in total. The molecule has 34 heavy (non-hydrogen) atoms. The number of likely N-dealkylation sites (N-methyl/N-ethyl adjacent to an activating group) is 1. The zero-order chi connectivity index (χ0) is 23.7. The third kappa shape index (κ3) is 2.72. The van der Waals surface area contributed by atoms with Crippen LogP contribution in [0.1, 0.15) is 36.0 Å². The molecule has 2 N–H and O–H groups in total.